The molecule has 2 aromatic carbocycles. The van der Waals surface area contributed by atoms with E-state index in [0.29, 0.717) is 0 Å². The smallest absolute Gasteiger partial charge is 0.0639 e. The van der Waals surface area contributed by atoms with Crippen molar-refractivity contribution in [1.29, 1.82) is 0 Å². The minimum atomic E-state index is 0.742. The van der Waals surface area contributed by atoms with E-state index in [1.54, 1.807) is 0 Å². The van der Waals surface area contributed by atoms with Crippen LogP contribution in [0.25, 0.3) is 0 Å². The van der Waals surface area contributed by atoms with Crippen molar-refractivity contribution in [3.8, 4) is 0 Å². The van der Waals surface area contributed by atoms with Gasteiger partial charge in [-0.15, -0.1) is 0 Å². The predicted molar refractivity (Wildman–Crippen MR) is 76.9 cm³/mol. The van der Waals surface area contributed by atoms with Crippen LogP contribution < -0.4 is 0 Å². The molecule has 0 unspecified atom stereocenters. The SMILES string of the molecule is Ic1ccccc1C=NCc1ccccc1. The molecule has 0 amide bonds. The van der Waals surface area contributed by atoms with Crippen LogP contribution in [-0.2, 0) is 6.54 Å². The maximum atomic E-state index is 4.44. The zero-order valence-corrected chi connectivity index (χ0v) is 11.0. The topological polar surface area (TPSA) is 12.4 Å². The van der Waals surface area contributed by atoms with Crippen LogP contribution in [0.5, 0.6) is 0 Å². The van der Waals surface area contributed by atoms with Crippen molar-refractivity contribution < 1.29 is 0 Å². The first-order valence-corrected chi connectivity index (χ1v) is 6.22. The molecule has 0 bridgehead atoms. The second-order valence-electron chi connectivity index (χ2n) is 3.48. The third-order valence-electron chi connectivity index (χ3n) is 2.25. The number of hydrogen-bond acceptors (Lipinski definition) is 1. The summed E-state index contributed by atoms with van der Waals surface area (Å²) in [6.07, 6.45) is 1.94. The lowest BCUT2D eigenvalue weighted by molar-refractivity contribution is 1.08. The third-order valence-corrected chi connectivity index (χ3v) is 3.23. The molecule has 0 saturated carbocycles. The Balaban J connectivity index is 2.03. The highest BCUT2D eigenvalue weighted by Gasteiger charge is 1.93. The highest BCUT2D eigenvalue weighted by atomic mass is 127. The van der Waals surface area contributed by atoms with E-state index in [9.17, 15) is 0 Å². The molecule has 0 fully saturated rings. The molecule has 2 rings (SSSR count). The van der Waals surface area contributed by atoms with Gasteiger partial charge in [0.25, 0.3) is 0 Å². The van der Waals surface area contributed by atoms with Crippen LogP contribution in [0.15, 0.2) is 59.6 Å². The quantitative estimate of drug-likeness (QED) is 0.600. The maximum Gasteiger partial charge on any atom is 0.0639 e. The van der Waals surface area contributed by atoms with Crippen LogP contribution in [0.4, 0.5) is 0 Å². The Morgan fingerprint density at radius 3 is 2.38 bits per heavy atom. The molecule has 0 saturated heterocycles. The van der Waals surface area contributed by atoms with Crippen LogP contribution in [0.1, 0.15) is 11.1 Å². The molecule has 0 aliphatic heterocycles. The van der Waals surface area contributed by atoms with Gasteiger partial charge in [0.2, 0.25) is 0 Å². The fourth-order valence-electron chi connectivity index (χ4n) is 1.41. The molecular formula is C14H12IN. The monoisotopic (exact) mass is 321 g/mol. The van der Waals surface area contributed by atoms with Crippen LogP contribution >= 0.6 is 22.6 Å². The van der Waals surface area contributed by atoms with Crippen molar-refractivity contribution in [2.45, 2.75) is 6.54 Å². The lowest BCUT2D eigenvalue weighted by atomic mass is 10.2. The average Bonchev–Trinajstić information content (AvgIpc) is 2.33. The Morgan fingerprint density at radius 1 is 0.938 bits per heavy atom. The fraction of sp³-hybridized carbons (Fsp3) is 0.0714. The number of aliphatic imine (C=N–C) groups is 1. The van der Waals surface area contributed by atoms with E-state index in [1.165, 1.54) is 14.7 Å². The number of benzene rings is 2. The predicted octanol–water partition coefficient (Wildman–Crippen LogP) is 3.91. The van der Waals surface area contributed by atoms with E-state index in [0.717, 1.165) is 6.54 Å². The summed E-state index contributed by atoms with van der Waals surface area (Å²) < 4.78 is 1.23. The first-order valence-electron chi connectivity index (χ1n) is 5.14. The largest absolute Gasteiger partial charge is 0.288 e. The Hall–Kier alpha value is -1.16. The summed E-state index contributed by atoms with van der Waals surface area (Å²) >= 11 is 2.32. The van der Waals surface area contributed by atoms with Crippen LogP contribution in [0, 0.1) is 3.57 Å². The van der Waals surface area contributed by atoms with E-state index >= 15 is 0 Å². The number of hydrogen-bond donors (Lipinski definition) is 0. The lowest BCUT2D eigenvalue weighted by Crippen LogP contribution is -1.87. The minimum Gasteiger partial charge on any atom is -0.288 e. The number of nitrogens with zero attached hydrogens (tertiary/aromatic N) is 1. The van der Waals surface area contributed by atoms with Crippen molar-refractivity contribution in [1.82, 2.24) is 0 Å². The van der Waals surface area contributed by atoms with Gasteiger partial charge in [-0.25, -0.2) is 0 Å². The number of rotatable bonds is 3. The molecule has 2 heteroatoms. The fourth-order valence-corrected chi connectivity index (χ4v) is 1.94. The second-order valence-corrected chi connectivity index (χ2v) is 4.64. The van der Waals surface area contributed by atoms with Gasteiger partial charge in [0, 0.05) is 15.3 Å². The third kappa shape index (κ3) is 3.17. The van der Waals surface area contributed by atoms with Crippen molar-refractivity contribution in [3.63, 3.8) is 0 Å². The second kappa shape index (κ2) is 5.80. The van der Waals surface area contributed by atoms with Gasteiger partial charge in [0.1, 0.15) is 0 Å². The standard InChI is InChI=1S/C14H12IN/c15-14-9-5-4-8-13(14)11-16-10-12-6-2-1-3-7-12/h1-9,11H,10H2. The summed E-state index contributed by atoms with van der Waals surface area (Å²) in [7, 11) is 0. The summed E-state index contributed by atoms with van der Waals surface area (Å²) in [5.41, 5.74) is 2.42. The Bertz CT molecular complexity index is 477. The van der Waals surface area contributed by atoms with E-state index in [4.69, 9.17) is 0 Å². The van der Waals surface area contributed by atoms with Crippen LogP contribution in [-0.4, -0.2) is 6.21 Å². The molecule has 1 nitrogen and oxygen atoms in total. The normalized spacial score (nSPS) is 10.8. The van der Waals surface area contributed by atoms with Crippen LogP contribution in [0.2, 0.25) is 0 Å². The van der Waals surface area contributed by atoms with E-state index in [-0.39, 0.29) is 0 Å². The van der Waals surface area contributed by atoms with Crippen LogP contribution in [0.3, 0.4) is 0 Å². The molecule has 0 heterocycles. The van der Waals surface area contributed by atoms with Gasteiger partial charge < -0.3 is 0 Å². The first-order chi connectivity index (χ1) is 7.86. The van der Waals surface area contributed by atoms with Crippen molar-refractivity contribution in [2.24, 2.45) is 4.99 Å². The van der Waals surface area contributed by atoms with Gasteiger partial charge in [-0.2, -0.15) is 0 Å². The first kappa shape index (κ1) is 11.3. The zero-order valence-electron chi connectivity index (χ0n) is 8.81. The summed E-state index contributed by atoms with van der Waals surface area (Å²) in [5, 5.41) is 0. The number of halogens is 1. The van der Waals surface area contributed by atoms with Crippen molar-refractivity contribution >= 4 is 28.8 Å². The van der Waals surface area contributed by atoms with Gasteiger partial charge in [0.15, 0.2) is 0 Å². The van der Waals surface area contributed by atoms with Gasteiger partial charge in [-0.1, -0.05) is 48.5 Å². The Morgan fingerprint density at radius 2 is 1.62 bits per heavy atom. The highest BCUT2D eigenvalue weighted by Crippen LogP contribution is 2.09. The van der Waals surface area contributed by atoms with Gasteiger partial charge in [-0.05, 0) is 34.2 Å². The molecule has 2 aromatic rings. The highest BCUT2D eigenvalue weighted by molar-refractivity contribution is 14.1. The summed E-state index contributed by atoms with van der Waals surface area (Å²) in [6, 6.07) is 18.5. The van der Waals surface area contributed by atoms with Crippen molar-refractivity contribution in [2.75, 3.05) is 0 Å². The molecular weight excluding hydrogens is 309 g/mol. The average molecular weight is 321 g/mol. The molecule has 0 aliphatic carbocycles. The molecule has 0 radical (unpaired) electrons. The molecule has 0 spiro atoms. The zero-order chi connectivity index (χ0) is 11.2. The van der Waals surface area contributed by atoms with E-state index in [2.05, 4.69) is 51.8 Å². The molecule has 0 atom stereocenters. The summed E-state index contributed by atoms with van der Waals surface area (Å²) in [6.45, 7) is 0.742. The molecule has 16 heavy (non-hydrogen) atoms. The van der Waals surface area contributed by atoms with Crippen molar-refractivity contribution in [3.05, 3.63) is 69.3 Å². The minimum absolute atomic E-state index is 0.742. The molecule has 0 aliphatic rings. The van der Waals surface area contributed by atoms with Gasteiger partial charge >= 0.3 is 0 Å². The summed E-state index contributed by atoms with van der Waals surface area (Å²) in [4.78, 5) is 4.44. The molecule has 80 valence electrons. The maximum absolute atomic E-state index is 4.44. The summed E-state index contributed by atoms with van der Waals surface area (Å²) in [5.74, 6) is 0. The Kier molecular flexibility index (Phi) is 4.10. The lowest BCUT2D eigenvalue weighted by Gasteiger charge is -1.97. The molecule has 0 N–H and O–H groups in total. The molecule has 0 aromatic heterocycles. The van der Waals surface area contributed by atoms with E-state index in [1.807, 2.05) is 36.5 Å². The van der Waals surface area contributed by atoms with Gasteiger partial charge in [0.05, 0.1) is 6.54 Å². The Labute approximate surface area is 109 Å². The van der Waals surface area contributed by atoms with E-state index < -0.39 is 0 Å². The van der Waals surface area contributed by atoms with Gasteiger partial charge in [-0.3, -0.25) is 4.99 Å².